The monoisotopic (exact) mass is 458 g/mol. The van der Waals surface area contributed by atoms with E-state index < -0.39 is 12.1 Å². The van der Waals surface area contributed by atoms with E-state index in [2.05, 4.69) is 20.2 Å². The van der Waals surface area contributed by atoms with Gasteiger partial charge in [-0.3, -0.25) is 19.7 Å². The molecule has 0 aromatic carbocycles. The number of carbonyl (C=O) groups excluding carboxylic acids is 1. The van der Waals surface area contributed by atoms with E-state index in [-0.39, 0.29) is 18.1 Å². The third kappa shape index (κ3) is 6.61. The molecule has 178 valence electrons. The van der Waals surface area contributed by atoms with Crippen LogP contribution >= 0.6 is 0 Å². The largest absolute Gasteiger partial charge is 0.490 e. The standard InChI is InChI=1S/C19H28N4O2.C2HF3O2/c1-13-9-21-15(10-20-13)11-22-19(24)18-8-16-17(25-18)6-7-23(16)12-14-4-2-3-5-14;3-2(4,5)1(6)7/h9-10,14,16-18H,2-8,11-12H2,1H3,(H,22,24);(H,6,7)/t16-,17-,18-;/m0./s1. The molecule has 3 fully saturated rings. The summed E-state index contributed by atoms with van der Waals surface area (Å²) < 4.78 is 37.8. The van der Waals surface area contributed by atoms with Gasteiger partial charge in [0.1, 0.15) is 6.10 Å². The molecule has 2 saturated heterocycles. The Morgan fingerprint density at radius 3 is 2.50 bits per heavy atom. The normalized spacial score (nSPS) is 25.8. The van der Waals surface area contributed by atoms with Crippen LogP contribution in [0.25, 0.3) is 0 Å². The smallest absolute Gasteiger partial charge is 0.475 e. The van der Waals surface area contributed by atoms with Crippen molar-refractivity contribution >= 4 is 11.9 Å². The van der Waals surface area contributed by atoms with Gasteiger partial charge in [-0.05, 0) is 32.1 Å². The second-order valence-electron chi connectivity index (χ2n) is 8.57. The molecule has 1 amide bonds. The molecule has 32 heavy (non-hydrogen) atoms. The highest BCUT2D eigenvalue weighted by Gasteiger charge is 2.45. The molecule has 1 aromatic heterocycles. The number of carboxylic acid groups (broad SMARTS) is 1. The van der Waals surface area contributed by atoms with Crippen LogP contribution in [0, 0.1) is 12.8 Å². The molecule has 8 nitrogen and oxygen atoms in total. The fraction of sp³-hybridized carbons (Fsp3) is 0.714. The number of hydrogen-bond acceptors (Lipinski definition) is 6. The zero-order valence-electron chi connectivity index (χ0n) is 18.0. The van der Waals surface area contributed by atoms with Crippen LogP contribution in [-0.2, 0) is 20.9 Å². The zero-order chi connectivity index (χ0) is 23.3. The SMILES string of the molecule is Cc1cnc(CNC(=O)[C@@H]2C[C@H]3[C@H](CCN3CC3CCCC3)O2)cn1.O=C(O)C(F)(F)F. The Balaban J connectivity index is 0.000000360. The van der Waals surface area contributed by atoms with Crippen LogP contribution in [-0.4, -0.2) is 69.4 Å². The summed E-state index contributed by atoms with van der Waals surface area (Å²) in [5.74, 6) is -1.92. The number of aliphatic carboxylic acids is 1. The Bertz CT molecular complexity index is 784. The number of carbonyl (C=O) groups is 2. The van der Waals surface area contributed by atoms with Gasteiger partial charge in [0.15, 0.2) is 0 Å². The molecule has 0 unspecified atom stereocenters. The molecule has 3 heterocycles. The van der Waals surface area contributed by atoms with Crippen molar-refractivity contribution in [3.63, 3.8) is 0 Å². The average Bonchev–Trinajstić information content (AvgIpc) is 3.46. The third-order valence-corrected chi connectivity index (χ3v) is 6.17. The molecule has 1 aromatic rings. The number of aromatic nitrogens is 2. The van der Waals surface area contributed by atoms with E-state index >= 15 is 0 Å². The Hall–Kier alpha value is -2.27. The lowest BCUT2D eigenvalue weighted by Crippen LogP contribution is -2.37. The highest BCUT2D eigenvalue weighted by atomic mass is 19.4. The number of rotatable bonds is 5. The molecule has 1 aliphatic carbocycles. The lowest BCUT2D eigenvalue weighted by atomic mass is 10.0. The van der Waals surface area contributed by atoms with Gasteiger partial charge in [0.2, 0.25) is 5.91 Å². The summed E-state index contributed by atoms with van der Waals surface area (Å²) in [5.41, 5.74) is 1.66. The van der Waals surface area contributed by atoms with Crippen LogP contribution in [0.5, 0.6) is 0 Å². The van der Waals surface area contributed by atoms with Crippen molar-refractivity contribution < 1.29 is 32.6 Å². The fourth-order valence-electron chi connectivity index (χ4n) is 4.55. The van der Waals surface area contributed by atoms with Gasteiger partial charge in [0, 0.05) is 31.7 Å². The Morgan fingerprint density at radius 2 is 1.91 bits per heavy atom. The van der Waals surface area contributed by atoms with Gasteiger partial charge in [0.25, 0.3) is 0 Å². The lowest BCUT2D eigenvalue weighted by molar-refractivity contribution is -0.192. The van der Waals surface area contributed by atoms with Crippen molar-refractivity contribution in [2.75, 3.05) is 13.1 Å². The Kier molecular flexibility index (Phi) is 8.05. The number of carboxylic acids is 1. The topological polar surface area (TPSA) is 105 Å². The third-order valence-electron chi connectivity index (χ3n) is 6.17. The van der Waals surface area contributed by atoms with Crippen LogP contribution in [0.2, 0.25) is 0 Å². The summed E-state index contributed by atoms with van der Waals surface area (Å²) >= 11 is 0. The molecule has 3 aliphatic rings. The number of halogens is 3. The second kappa shape index (κ2) is 10.6. The summed E-state index contributed by atoms with van der Waals surface area (Å²) in [6, 6.07) is 0.426. The number of ether oxygens (including phenoxy) is 1. The van der Waals surface area contributed by atoms with Gasteiger partial charge in [-0.15, -0.1) is 0 Å². The minimum absolute atomic E-state index is 0.0161. The second-order valence-corrected chi connectivity index (χ2v) is 8.57. The van der Waals surface area contributed by atoms with E-state index in [0.29, 0.717) is 12.6 Å². The van der Waals surface area contributed by atoms with Crippen LogP contribution < -0.4 is 5.32 Å². The average molecular weight is 458 g/mol. The first-order chi connectivity index (χ1) is 15.1. The number of likely N-dealkylation sites (tertiary alicyclic amines) is 1. The number of hydrogen-bond donors (Lipinski definition) is 2. The van der Waals surface area contributed by atoms with Gasteiger partial charge in [-0.25, -0.2) is 4.79 Å². The molecule has 11 heteroatoms. The lowest BCUT2D eigenvalue weighted by Gasteiger charge is -2.25. The summed E-state index contributed by atoms with van der Waals surface area (Å²) in [7, 11) is 0. The van der Waals surface area contributed by atoms with Crippen LogP contribution in [0.1, 0.15) is 49.9 Å². The van der Waals surface area contributed by atoms with E-state index in [4.69, 9.17) is 14.6 Å². The molecule has 1 saturated carbocycles. The quantitative estimate of drug-likeness (QED) is 0.698. The summed E-state index contributed by atoms with van der Waals surface area (Å²) in [4.78, 5) is 32.4. The van der Waals surface area contributed by atoms with Crippen molar-refractivity contribution in [1.29, 1.82) is 0 Å². The highest BCUT2D eigenvalue weighted by molar-refractivity contribution is 5.81. The van der Waals surface area contributed by atoms with Gasteiger partial charge in [0.05, 0.1) is 30.2 Å². The van der Waals surface area contributed by atoms with Crippen molar-refractivity contribution in [3.05, 3.63) is 23.8 Å². The Morgan fingerprint density at radius 1 is 1.22 bits per heavy atom. The molecule has 2 N–H and O–H groups in total. The van der Waals surface area contributed by atoms with E-state index in [0.717, 1.165) is 36.7 Å². The van der Waals surface area contributed by atoms with Crippen molar-refractivity contribution in [2.24, 2.45) is 5.92 Å². The van der Waals surface area contributed by atoms with Gasteiger partial charge in [-0.2, -0.15) is 13.2 Å². The number of amides is 1. The maximum Gasteiger partial charge on any atom is 0.490 e. The number of fused-ring (bicyclic) bond motifs is 1. The minimum atomic E-state index is -5.08. The van der Waals surface area contributed by atoms with Crippen LogP contribution in [0.3, 0.4) is 0 Å². The zero-order valence-corrected chi connectivity index (χ0v) is 18.0. The van der Waals surface area contributed by atoms with Crippen LogP contribution in [0.15, 0.2) is 12.4 Å². The molecule has 0 radical (unpaired) electrons. The Labute approximate surface area is 184 Å². The van der Waals surface area contributed by atoms with E-state index in [1.807, 2.05) is 6.92 Å². The predicted octanol–water partition coefficient (Wildman–Crippen LogP) is 2.46. The summed E-state index contributed by atoms with van der Waals surface area (Å²) in [6.45, 7) is 4.63. The molecule has 3 atom stereocenters. The maximum atomic E-state index is 12.5. The first-order valence-corrected chi connectivity index (χ1v) is 10.9. The molecular formula is C21H29F3N4O4. The van der Waals surface area contributed by atoms with Crippen molar-refractivity contribution in [1.82, 2.24) is 20.2 Å². The van der Waals surface area contributed by atoms with Gasteiger partial charge < -0.3 is 15.2 Å². The molecule has 0 spiro atoms. The fourth-order valence-corrected chi connectivity index (χ4v) is 4.55. The first kappa shape index (κ1) is 24.4. The van der Waals surface area contributed by atoms with Crippen molar-refractivity contribution in [2.45, 2.75) is 76.4 Å². The molecule has 4 rings (SSSR count). The number of nitrogens with zero attached hydrogens (tertiary/aromatic N) is 3. The first-order valence-electron chi connectivity index (χ1n) is 10.9. The van der Waals surface area contributed by atoms with Gasteiger partial charge >= 0.3 is 12.1 Å². The summed E-state index contributed by atoms with van der Waals surface area (Å²) in [5, 5.41) is 10.1. The molecular weight excluding hydrogens is 429 g/mol. The van der Waals surface area contributed by atoms with E-state index in [9.17, 15) is 18.0 Å². The van der Waals surface area contributed by atoms with Crippen LogP contribution in [0.4, 0.5) is 13.2 Å². The number of nitrogens with one attached hydrogen (secondary N) is 1. The number of alkyl halides is 3. The van der Waals surface area contributed by atoms with Crippen molar-refractivity contribution in [3.8, 4) is 0 Å². The molecule has 0 bridgehead atoms. The predicted molar refractivity (Wildman–Crippen MR) is 108 cm³/mol. The number of aryl methyl sites for hydroxylation is 1. The highest BCUT2D eigenvalue weighted by Crippen LogP contribution is 2.35. The minimum Gasteiger partial charge on any atom is -0.475 e. The molecule has 2 aliphatic heterocycles. The maximum absolute atomic E-state index is 12.5. The van der Waals surface area contributed by atoms with Gasteiger partial charge in [-0.1, -0.05) is 12.8 Å². The van der Waals surface area contributed by atoms with E-state index in [1.165, 1.54) is 32.2 Å². The summed E-state index contributed by atoms with van der Waals surface area (Å²) in [6.07, 6.45) is 5.66. The van der Waals surface area contributed by atoms with E-state index in [1.54, 1.807) is 12.4 Å².